The van der Waals surface area contributed by atoms with Crippen molar-refractivity contribution in [1.82, 2.24) is 4.90 Å². The lowest BCUT2D eigenvalue weighted by molar-refractivity contribution is -0.135. The molecule has 162 valence electrons. The van der Waals surface area contributed by atoms with Gasteiger partial charge in [-0.25, -0.2) is 0 Å². The van der Waals surface area contributed by atoms with Gasteiger partial charge in [-0.1, -0.05) is 72.3 Å². The maximum Gasteiger partial charge on any atom is 0.234 e. The number of ketones is 1. The molecule has 0 aliphatic carbocycles. The van der Waals surface area contributed by atoms with Crippen LogP contribution in [0.3, 0.4) is 0 Å². The van der Waals surface area contributed by atoms with E-state index < -0.39 is 5.60 Å². The molecule has 3 aromatic carbocycles. The number of hydrogen-bond donors (Lipinski definition) is 0. The summed E-state index contributed by atoms with van der Waals surface area (Å²) in [6, 6.07) is 25.7. The third-order valence-corrected chi connectivity index (χ3v) is 6.74. The van der Waals surface area contributed by atoms with Gasteiger partial charge in [0.05, 0.1) is 17.9 Å². The second-order valence-corrected chi connectivity index (χ2v) is 8.96. The Balaban J connectivity index is 1.36. The maximum absolute atomic E-state index is 13.7. The lowest BCUT2D eigenvalue weighted by Gasteiger charge is -2.44. The molecule has 0 radical (unpaired) electrons. The Morgan fingerprint density at radius 3 is 2.09 bits per heavy atom. The molecule has 2 heterocycles. The van der Waals surface area contributed by atoms with Crippen LogP contribution in [0.25, 0.3) is 0 Å². The van der Waals surface area contributed by atoms with E-state index in [-0.39, 0.29) is 17.6 Å². The number of carbonyl (C=O) groups is 2. The Hall–Kier alpha value is -3.40. The van der Waals surface area contributed by atoms with E-state index in [2.05, 4.69) is 0 Å². The number of Topliss-reactive ketones (excluding diaryl/α,β-unsaturated/α-hetero) is 1. The minimum absolute atomic E-state index is 0.107. The Bertz CT molecular complexity index is 1090. The second kappa shape index (κ2) is 8.27. The Labute approximate surface area is 188 Å². The maximum atomic E-state index is 13.7. The molecule has 0 aromatic heterocycles. The van der Waals surface area contributed by atoms with Crippen molar-refractivity contribution in [3.05, 3.63) is 101 Å². The van der Waals surface area contributed by atoms with Gasteiger partial charge in [0.25, 0.3) is 0 Å². The quantitative estimate of drug-likeness (QED) is 0.583. The number of rotatable bonds is 3. The zero-order chi connectivity index (χ0) is 22.1. The first-order valence-electron chi connectivity index (χ1n) is 11.3. The number of piperidine rings is 1. The highest BCUT2D eigenvalue weighted by molar-refractivity contribution is 6.00. The number of ether oxygens (including phenoxy) is 1. The molecule has 4 heteroatoms. The van der Waals surface area contributed by atoms with Gasteiger partial charge in [-0.05, 0) is 30.2 Å². The van der Waals surface area contributed by atoms with E-state index in [9.17, 15) is 9.59 Å². The SMILES string of the molecule is Cc1ccc2c(c1)C(=O)CC1(CCN(C(=O)C(c3ccccc3)c3ccccc3)CC1)O2. The first kappa shape index (κ1) is 20.5. The average Bonchev–Trinajstić information content (AvgIpc) is 2.82. The number of benzene rings is 3. The monoisotopic (exact) mass is 425 g/mol. The molecule has 2 aliphatic heterocycles. The summed E-state index contributed by atoms with van der Waals surface area (Å²) >= 11 is 0. The Morgan fingerprint density at radius 1 is 0.906 bits per heavy atom. The van der Waals surface area contributed by atoms with Crippen LogP contribution in [0.2, 0.25) is 0 Å². The van der Waals surface area contributed by atoms with E-state index in [1.165, 1.54) is 0 Å². The number of fused-ring (bicyclic) bond motifs is 1. The molecular weight excluding hydrogens is 398 g/mol. The number of carbonyl (C=O) groups excluding carboxylic acids is 2. The lowest BCUT2D eigenvalue weighted by atomic mass is 9.81. The molecule has 1 amide bonds. The van der Waals surface area contributed by atoms with Crippen molar-refractivity contribution < 1.29 is 14.3 Å². The van der Waals surface area contributed by atoms with Crippen LogP contribution in [-0.4, -0.2) is 35.3 Å². The van der Waals surface area contributed by atoms with E-state index in [1.807, 2.05) is 90.7 Å². The first-order chi connectivity index (χ1) is 15.5. The van der Waals surface area contributed by atoms with Gasteiger partial charge >= 0.3 is 0 Å². The molecule has 0 saturated carbocycles. The van der Waals surface area contributed by atoms with Crippen LogP contribution in [0, 0.1) is 6.92 Å². The summed E-state index contributed by atoms with van der Waals surface area (Å²) < 4.78 is 6.38. The molecule has 0 bridgehead atoms. The summed E-state index contributed by atoms with van der Waals surface area (Å²) in [4.78, 5) is 28.5. The van der Waals surface area contributed by atoms with Gasteiger partial charge in [0.2, 0.25) is 5.91 Å². The fourth-order valence-electron chi connectivity index (χ4n) is 4.97. The van der Waals surface area contributed by atoms with Crippen molar-refractivity contribution in [3.8, 4) is 5.75 Å². The third kappa shape index (κ3) is 3.81. The molecular formula is C28H27NO3. The van der Waals surface area contributed by atoms with Gasteiger partial charge in [0, 0.05) is 25.9 Å². The lowest BCUT2D eigenvalue weighted by Crippen LogP contribution is -2.53. The largest absolute Gasteiger partial charge is 0.486 e. The summed E-state index contributed by atoms with van der Waals surface area (Å²) in [7, 11) is 0. The average molecular weight is 426 g/mol. The van der Waals surface area contributed by atoms with Crippen LogP contribution in [0.1, 0.15) is 52.2 Å². The van der Waals surface area contributed by atoms with Gasteiger partial charge in [-0.2, -0.15) is 0 Å². The van der Waals surface area contributed by atoms with Crippen LogP contribution in [0.15, 0.2) is 78.9 Å². The molecule has 1 fully saturated rings. The summed E-state index contributed by atoms with van der Waals surface area (Å²) in [5.74, 6) is 0.596. The topological polar surface area (TPSA) is 46.6 Å². The van der Waals surface area contributed by atoms with Crippen LogP contribution in [-0.2, 0) is 4.79 Å². The summed E-state index contributed by atoms with van der Waals surface area (Å²) in [6.07, 6.45) is 1.70. The number of amides is 1. The van der Waals surface area contributed by atoms with E-state index in [0.717, 1.165) is 16.7 Å². The van der Waals surface area contributed by atoms with Gasteiger partial charge in [-0.3, -0.25) is 9.59 Å². The summed E-state index contributed by atoms with van der Waals surface area (Å²) in [5, 5.41) is 0. The second-order valence-electron chi connectivity index (χ2n) is 8.96. The van der Waals surface area contributed by atoms with Crippen LogP contribution < -0.4 is 4.74 Å². The van der Waals surface area contributed by atoms with Crippen molar-refractivity contribution in [3.63, 3.8) is 0 Å². The van der Waals surface area contributed by atoms with Gasteiger partial charge < -0.3 is 9.64 Å². The van der Waals surface area contributed by atoms with E-state index >= 15 is 0 Å². The predicted octanol–water partition coefficient (Wildman–Crippen LogP) is 5.15. The standard InChI is InChI=1S/C28H27NO3/c1-20-12-13-25-23(18-20)24(30)19-28(32-25)14-16-29(17-15-28)27(31)26(21-8-4-2-5-9-21)22-10-6-3-7-11-22/h2-13,18,26H,14-17,19H2,1H3. The van der Waals surface area contributed by atoms with Crippen molar-refractivity contribution in [1.29, 1.82) is 0 Å². The molecule has 32 heavy (non-hydrogen) atoms. The molecule has 0 N–H and O–H groups in total. The fraction of sp³-hybridized carbons (Fsp3) is 0.286. The van der Waals surface area contributed by atoms with Crippen molar-refractivity contribution >= 4 is 11.7 Å². The van der Waals surface area contributed by atoms with Crippen molar-refractivity contribution in [2.75, 3.05) is 13.1 Å². The fourth-order valence-corrected chi connectivity index (χ4v) is 4.97. The van der Waals surface area contributed by atoms with E-state index in [1.54, 1.807) is 0 Å². The Morgan fingerprint density at radius 2 is 1.50 bits per heavy atom. The minimum Gasteiger partial charge on any atom is -0.486 e. The molecule has 5 rings (SSSR count). The zero-order valence-electron chi connectivity index (χ0n) is 18.3. The number of hydrogen-bond acceptors (Lipinski definition) is 3. The highest BCUT2D eigenvalue weighted by Gasteiger charge is 2.44. The van der Waals surface area contributed by atoms with Gasteiger partial charge in [-0.15, -0.1) is 0 Å². The third-order valence-electron chi connectivity index (χ3n) is 6.74. The molecule has 0 atom stereocenters. The molecule has 2 aliphatic rings. The number of aryl methyl sites for hydroxylation is 1. The van der Waals surface area contributed by atoms with E-state index in [0.29, 0.717) is 43.7 Å². The molecule has 4 nitrogen and oxygen atoms in total. The highest BCUT2D eigenvalue weighted by Crippen LogP contribution is 2.40. The first-order valence-corrected chi connectivity index (χ1v) is 11.3. The van der Waals surface area contributed by atoms with Gasteiger partial charge in [0.1, 0.15) is 11.4 Å². The van der Waals surface area contributed by atoms with Crippen LogP contribution in [0.4, 0.5) is 0 Å². The number of nitrogens with zero attached hydrogens (tertiary/aromatic N) is 1. The van der Waals surface area contributed by atoms with Crippen molar-refractivity contribution in [2.24, 2.45) is 0 Å². The Kier molecular flexibility index (Phi) is 5.30. The van der Waals surface area contributed by atoms with Gasteiger partial charge in [0.15, 0.2) is 5.78 Å². The molecule has 1 saturated heterocycles. The zero-order valence-corrected chi connectivity index (χ0v) is 18.3. The summed E-state index contributed by atoms with van der Waals surface area (Å²) in [5.41, 5.74) is 3.23. The van der Waals surface area contributed by atoms with Crippen LogP contribution >= 0.6 is 0 Å². The normalized spacial score (nSPS) is 17.2. The smallest absolute Gasteiger partial charge is 0.234 e. The minimum atomic E-state index is -0.509. The van der Waals surface area contributed by atoms with E-state index in [4.69, 9.17) is 4.74 Å². The van der Waals surface area contributed by atoms with Crippen LogP contribution in [0.5, 0.6) is 5.75 Å². The number of likely N-dealkylation sites (tertiary alicyclic amines) is 1. The molecule has 0 unspecified atom stereocenters. The summed E-state index contributed by atoms with van der Waals surface area (Å²) in [6.45, 7) is 3.16. The molecule has 3 aromatic rings. The highest BCUT2D eigenvalue weighted by atomic mass is 16.5. The molecule has 1 spiro atoms. The predicted molar refractivity (Wildman–Crippen MR) is 124 cm³/mol. The van der Waals surface area contributed by atoms with Crippen molar-refractivity contribution in [2.45, 2.75) is 37.7 Å².